The molecule has 2 fully saturated rings. The number of piperidine rings is 1. The summed E-state index contributed by atoms with van der Waals surface area (Å²) in [5.74, 6) is 1.82. The van der Waals surface area contributed by atoms with Crippen molar-refractivity contribution in [2.24, 2.45) is 5.92 Å². The molecule has 28 heavy (non-hydrogen) atoms. The molecule has 1 amide bonds. The van der Waals surface area contributed by atoms with Gasteiger partial charge in [0.1, 0.15) is 5.82 Å². The molecule has 0 bridgehead atoms. The second-order valence-corrected chi connectivity index (χ2v) is 8.32. The van der Waals surface area contributed by atoms with E-state index in [1.54, 1.807) is 6.20 Å². The summed E-state index contributed by atoms with van der Waals surface area (Å²) in [6, 6.07) is 8.19. The lowest BCUT2D eigenvalue weighted by Crippen LogP contribution is -2.42. The third-order valence-electron chi connectivity index (χ3n) is 6.10. The minimum Gasteiger partial charge on any atom is -0.342 e. The monoisotopic (exact) mass is 378 g/mol. The first-order valence-corrected chi connectivity index (χ1v) is 10.6. The largest absolute Gasteiger partial charge is 0.342 e. The number of pyridine rings is 2. The molecule has 1 N–H and O–H groups in total. The summed E-state index contributed by atoms with van der Waals surface area (Å²) in [5, 5.41) is 3.44. The van der Waals surface area contributed by atoms with Crippen LogP contribution in [0.4, 0.5) is 11.5 Å². The Labute approximate surface area is 167 Å². The van der Waals surface area contributed by atoms with Gasteiger partial charge in [0.2, 0.25) is 5.91 Å². The first-order valence-electron chi connectivity index (χ1n) is 10.6. The van der Waals surface area contributed by atoms with Crippen LogP contribution in [-0.2, 0) is 4.79 Å². The number of rotatable bonds is 4. The molecule has 0 spiro atoms. The first-order chi connectivity index (χ1) is 13.6. The second kappa shape index (κ2) is 8.29. The van der Waals surface area contributed by atoms with Crippen LogP contribution in [0.25, 0.3) is 0 Å². The van der Waals surface area contributed by atoms with Gasteiger partial charge in [-0.05, 0) is 63.3 Å². The van der Waals surface area contributed by atoms with Crippen LogP contribution in [0, 0.1) is 19.8 Å². The number of anilines is 2. The zero-order chi connectivity index (χ0) is 19.5. The van der Waals surface area contributed by atoms with Crippen molar-refractivity contribution in [1.29, 1.82) is 0 Å². The standard InChI is InChI=1S/C23H30N4O/c1-16-7-5-11-24-22(16)26-20-13-17(2)25-21(14-20)19-10-6-12-27(15-19)23(28)18-8-3-4-9-18/h5,7,11,13-14,18-19H,3-4,6,8-10,12,15H2,1-2H3,(H,24,25,26)/t19-/m1/s1. The number of amides is 1. The normalized spacial score (nSPS) is 20.4. The lowest BCUT2D eigenvalue weighted by Gasteiger charge is -2.34. The Morgan fingerprint density at radius 1 is 1.14 bits per heavy atom. The van der Waals surface area contributed by atoms with Crippen LogP contribution in [0.5, 0.6) is 0 Å². The van der Waals surface area contributed by atoms with Crippen molar-refractivity contribution in [3.8, 4) is 0 Å². The second-order valence-electron chi connectivity index (χ2n) is 8.32. The summed E-state index contributed by atoms with van der Waals surface area (Å²) in [7, 11) is 0. The van der Waals surface area contributed by atoms with Gasteiger partial charge in [0.25, 0.3) is 0 Å². The minimum atomic E-state index is 0.258. The minimum absolute atomic E-state index is 0.258. The predicted octanol–water partition coefficient (Wildman–Crippen LogP) is 4.73. The van der Waals surface area contributed by atoms with Gasteiger partial charge >= 0.3 is 0 Å². The van der Waals surface area contributed by atoms with Gasteiger partial charge in [0.05, 0.1) is 0 Å². The highest BCUT2D eigenvalue weighted by molar-refractivity contribution is 5.79. The fourth-order valence-electron chi connectivity index (χ4n) is 4.58. The van der Waals surface area contributed by atoms with Crippen LogP contribution in [0.3, 0.4) is 0 Å². The van der Waals surface area contributed by atoms with Gasteiger partial charge in [-0.1, -0.05) is 18.9 Å². The van der Waals surface area contributed by atoms with Crippen LogP contribution in [0.1, 0.15) is 61.4 Å². The molecule has 5 nitrogen and oxygen atoms in total. The molecule has 5 heteroatoms. The van der Waals surface area contributed by atoms with E-state index in [2.05, 4.69) is 40.3 Å². The zero-order valence-electron chi connectivity index (χ0n) is 16.9. The van der Waals surface area contributed by atoms with Gasteiger partial charge < -0.3 is 10.2 Å². The Morgan fingerprint density at radius 3 is 2.75 bits per heavy atom. The summed E-state index contributed by atoms with van der Waals surface area (Å²) >= 11 is 0. The van der Waals surface area contributed by atoms with E-state index in [1.807, 2.05) is 13.0 Å². The van der Waals surface area contributed by atoms with E-state index in [4.69, 9.17) is 4.98 Å². The molecule has 2 aromatic heterocycles. The van der Waals surface area contributed by atoms with Crippen molar-refractivity contribution >= 4 is 17.4 Å². The Bertz CT molecular complexity index is 844. The van der Waals surface area contributed by atoms with Crippen LogP contribution in [0.15, 0.2) is 30.5 Å². The van der Waals surface area contributed by atoms with E-state index in [-0.39, 0.29) is 5.92 Å². The quantitative estimate of drug-likeness (QED) is 0.835. The van der Waals surface area contributed by atoms with Crippen LogP contribution >= 0.6 is 0 Å². The molecule has 0 radical (unpaired) electrons. The van der Waals surface area contributed by atoms with Gasteiger partial charge in [-0.3, -0.25) is 9.78 Å². The Hall–Kier alpha value is -2.43. The third kappa shape index (κ3) is 4.18. The van der Waals surface area contributed by atoms with Crippen molar-refractivity contribution in [2.45, 2.75) is 58.3 Å². The number of hydrogen-bond acceptors (Lipinski definition) is 4. The number of nitrogens with zero attached hydrogens (tertiary/aromatic N) is 3. The average molecular weight is 379 g/mol. The third-order valence-corrected chi connectivity index (χ3v) is 6.10. The average Bonchev–Trinajstić information content (AvgIpc) is 3.24. The molecule has 4 rings (SSSR count). The first kappa shape index (κ1) is 18.9. The Balaban J connectivity index is 1.51. The SMILES string of the molecule is Cc1cc(Nc2ncccc2C)cc([C@@H]2CCCN(C(=O)C3CCCC3)C2)n1. The summed E-state index contributed by atoms with van der Waals surface area (Å²) in [6.07, 6.45) is 8.50. The van der Waals surface area contributed by atoms with Crippen LogP contribution < -0.4 is 5.32 Å². The van der Waals surface area contributed by atoms with Crippen LogP contribution in [-0.4, -0.2) is 33.9 Å². The summed E-state index contributed by atoms with van der Waals surface area (Å²) < 4.78 is 0. The van der Waals surface area contributed by atoms with Crippen molar-refractivity contribution in [3.05, 3.63) is 47.4 Å². The number of aryl methyl sites for hydroxylation is 2. The van der Waals surface area contributed by atoms with E-state index in [0.29, 0.717) is 11.8 Å². The number of aromatic nitrogens is 2. The zero-order valence-corrected chi connectivity index (χ0v) is 16.9. The molecule has 1 atom stereocenters. The van der Waals surface area contributed by atoms with E-state index in [0.717, 1.165) is 67.2 Å². The highest BCUT2D eigenvalue weighted by atomic mass is 16.2. The highest BCUT2D eigenvalue weighted by Gasteiger charge is 2.31. The van der Waals surface area contributed by atoms with Gasteiger partial charge in [0, 0.05) is 48.2 Å². The van der Waals surface area contributed by atoms with Crippen molar-refractivity contribution in [2.75, 3.05) is 18.4 Å². The lowest BCUT2D eigenvalue weighted by molar-refractivity contribution is -0.136. The summed E-state index contributed by atoms with van der Waals surface area (Å²) in [5.41, 5.74) is 4.21. The molecule has 1 saturated carbocycles. The number of carbonyl (C=O) groups excluding carboxylic acids is 1. The van der Waals surface area contributed by atoms with E-state index < -0.39 is 0 Å². The number of likely N-dealkylation sites (tertiary alicyclic amines) is 1. The summed E-state index contributed by atoms with van der Waals surface area (Å²) in [6.45, 7) is 5.78. The molecule has 0 unspecified atom stereocenters. The molecule has 1 aliphatic heterocycles. The fourth-order valence-corrected chi connectivity index (χ4v) is 4.58. The van der Waals surface area contributed by atoms with Crippen molar-refractivity contribution in [1.82, 2.24) is 14.9 Å². The maximum Gasteiger partial charge on any atom is 0.225 e. The van der Waals surface area contributed by atoms with Crippen molar-refractivity contribution in [3.63, 3.8) is 0 Å². The Morgan fingerprint density at radius 2 is 1.96 bits per heavy atom. The molecular weight excluding hydrogens is 348 g/mol. The predicted molar refractivity (Wildman–Crippen MR) is 112 cm³/mol. The molecule has 148 valence electrons. The van der Waals surface area contributed by atoms with Gasteiger partial charge in [0.15, 0.2) is 0 Å². The molecule has 0 aromatic carbocycles. The Kier molecular flexibility index (Phi) is 5.60. The molecule has 2 aliphatic rings. The van der Waals surface area contributed by atoms with Gasteiger partial charge in [-0.25, -0.2) is 4.98 Å². The topological polar surface area (TPSA) is 58.1 Å². The summed E-state index contributed by atoms with van der Waals surface area (Å²) in [4.78, 5) is 24.2. The number of nitrogens with one attached hydrogen (secondary N) is 1. The maximum absolute atomic E-state index is 12.9. The number of carbonyl (C=O) groups is 1. The maximum atomic E-state index is 12.9. The van der Waals surface area contributed by atoms with E-state index in [9.17, 15) is 4.79 Å². The van der Waals surface area contributed by atoms with E-state index >= 15 is 0 Å². The molecule has 2 aromatic rings. The lowest BCUT2D eigenvalue weighted by atomic mass is 9.92. The van der Waals surface area contributed by atoms with Crippen LogP contribution in [0.2, 0.25) is 0 Å². The van der Waals surface area contributed by atoms with Gasteiger partial charge in [-0.2, -0.15) is 0 Å². The molecule has 1 saturated heterocycles. The molecule has 1 aliphatic carbocycles. The highest BCUT2D eigenvalue weighted by Crippen LogP contribution is 2.32. The fraction of sp³-hybridized carbons (Fsp3) is 0.522. The smallest absolute Gasteiger partial charge is 0.225 e. The molecule has 3 heterocycles. The number of hydrogen-bond donors (Lipinski definition) is 1. The molecular formula is C23H30N4O. The van der Waals surface area contributed by atoms with Gasteiger partial charge in [-0.15, -0.1) is 0 Å². The van der Waals surface area contributed by atoms with E-state index in [1.165, 1.54) is 12.8 Å². The van der Waals surface area contributed by atoms with Crippen molar-refractivity contribution < 1.29 is 4.79 Å².